The molecule has 134 valence electrons. The fourth-order valence-electron chi connectivity index (χ4n) is 4.26. The Bertz CT molecular complexity index is 1210. The molecule has 0 bridgehead atoms. The van der Waals surface area contributed by atoms with E-state index >= 15 is 0 Å². The molecule has 0 N–H and O–H groups in total. The maximum absolute atomic E-state index is 4.21. The van der Waals surface area contributed by atoms with Crippen molar-refractivity contribution in [2.24, 2.45) is 0 Å². The average Bonchev–Trinajstić information content (AvgIpc) is 2.79. The number of hydrogen-bond acceptors (Lipinski definition) is 0. The summed E-state index contributed by atoms with van der Waals surface area (Å²) in [5, 5.41) is 0. The molecule has 2 aromatic carbocycles. The molecule has 0 saturated carbocycles. The van der Waals surface area contributed by atoms with Crippen LogP contribution >= 0.6 is 0 Å². The van der Waals surface area contributed by atoms with Crippen LogP contribution in [-0.2, 0) is 0 Å². The molecule has 0 aliphatic carbocycles. The highest BCUT2D eigenvalue weighted by Gasteiger charge is 2.33. The van der Waals surface area contributed by atoms with Crippen LogP contribution in [0, 0.1) is 6.92 Å². The van der Waals surface area contributed by atoms with E-state index in [1.807, 2.05) is 0 Å². The monoisotopic (exact) mass is 362 g/mol. The minimum atomic E-state index is 0.118. The second-order valence-corrected chi connectivity index (χ2v) is 7.25. The zero-order chi connectivity index (χ0) is 19.1. The van der Waals surface area contributed by atoms with Crippen LogP contribution in [0.1, 0.15) is 22.6 Å². The molecule has 0 spiro atoms. The first-order valence-corrected chi connectivity index (χ1v) is 9.63. The normalized spacial score (nSPS) is 14.4. The number of fused-ring (bicyclic) bond motifs is 7. The Labute approximate surface area is 165 Å². The van der Waals surface area contributed by atoms with Gasteiger partial charge in [0.2, 0.25) is 12.4 Å². The molecule has 0 saturated heterocycles. The molecule has 1 aliphatic heterocycles. The predicted octanol–water partition coefficient (Wildman–Crippen LogP) is 4.85. The highest BCUT2D eigenvalue weighted by Crippen LogP contribution is 2.38. The first-order chi connectivity index (χ1) is 13.8. The second kappa shape index (κ2) is 6.58. The summed E-state index contributed by atoms with van der Waals surface area (Å²) in [4.78, 5) is 0. The van der Waals surface area contributed by atoms with Gasteiger partial charge < -0.3 is 0 Å². The minimum Gasteiger partial charge on any atom is -0.102 e. The third-order valence-electron chi connectivity index (χ3n) is 5.54. The third-order valence-corrected chi connectivity index (χ3v) is 5.54. The molecule has 2 aromatic heterocycles. The molecular formula is C26H22N2+2. The first kappa shape index (κ1) is 16.6. The van der Waals surface area contributed by atoms with Gasteiger partial charge in [-0.05, 0) is 42.3 Å². The molecular weight excluding hydrogens is 340 g/mol. The van der Waals surface area contributed by atoms with Gasteiger partial charge in [0, 0.05) is 30.2 Å². The lowest BCUT2D eigenvalue weighted by Gasteiger charge is -2.17. The summed E-state index contributed by atoms with van der Waals surface area (Å²) in [5.41, 5.74) is 8.60. The van der Waals surface area contributed by atoms with E-state index in [-0.39, 0.29) is 5.92 Å². The lowest BCUT2D eigenvalue weighted by atomic mass is 9.84. The summed E-state index contributed by atoms with van der Waals surface area (Å²) >= 11 is 0. The number of hydrogen-bond donors (Lipinski definition) is 0. The average molecular weight is 362 g/mol. The molecule has 5 rings (SSSR count). The molecule has 2 nitrogen and oxygen atoms in total. The van der Waals surface area contributed by atoms with Gasteiger partial charge in [0.05, 0.1) is 20.5 Å². The number of aryl methyl sites for hydroxylation is 1. The van der Waals surface area contributed by atoms with E-state index in [4.69, 9.17) is 0 Å². The summed E-state index contributed by atoms with van der Waals surface area (Å²) in [7, 11) is 0. The van der Waals surface area contributed by atoms with Crippen molar-refractivity contribution < 1.29 is 9.35 Å². The van der Waals surface area contributed by atoms with Crippen LogP contribution in [0.4, 0.5) is 0 Å². The number of rotatable bonds is 1. The van der Waals surface area contributed by atoms with Crippen molar-refractivity contribution in [3.05, 3.63) is 121 Å². The Balaban J connectivity index is 2.00. The van der Waals surface area contributed by atoms with Crippen molar-refractivity contribution >= 4 is 0 Å². The Morgan fingerprint density at radius 3 is 2.04 bits per heavy atom. The molecule has 1 atom stereocenters. The lowest BCUT2D eigenvalue weighted by Crippen LogP contribution is -2.68. The molecule has 1 aliphatic rings. The summed E-state index contributed by atoms with van der Waals surface area (Å²) in [6, 6.07) is 28.2. The largest absolute Gasteiger partial charge is 0.284 e. The first-order valence-electron chi connectivity index (χ1n) is 9.63. The van der Waals surface area contributed by atoms with Gasteiger partial charge in [-0.1, -0.05) is 42.0 Å². The molecule has 1 unspecified atom stereocenters. The quantitative estimate of drug-likeness (QED) is 0.338. The molecule has 3 heterocycles. The van der Waals surface area contributed by atoms with E-state index in [1.165, 1.54) is 33.5 Å². The Hall–Kier alpha value is -3.52. The SMILES string of the molecule is C=CC1c2ccccc2-c2cccc[n+]2-[n+]2ccccc2-c2cc(C)ccc21. The van der Waals surface area contributed by atoms with Gasteiger partial charge in [-0.25, -0.2) is 0 Å². The van der Waals surface area contributed by atoms with Crippen LogP contribution in [0.3, 0.4) is 0 Å². The smallest absolute Gasteiger partial charge is 0.102 e. The van der Waals surface area contributed by atoms with E-state index in [0.29, 0.717) is 0 Å². The Kier molecular flexibility index (Phi) is 3.91. The topological polar surface area (TPSA) is 7.76 Å². The van der Waals surface area contributed by atoms with Crippen LogP contribution in [0.2, 0.25) is 0 Å². The van der Waals surface area contributed by atoms with E-state index in [2.05, 4.69) is 120 Å². The molecule has 0 amide bonds. The summed E-state index contributed by atoms with van der Waals surface area (Å²) < 4.78 is 4.46. The standard InChI is InChI=1S/C26H22N2/c1-3-20-21-10-4-5-11-23(21)25-12-6-8-16-27(25)28-17-9-7-13-26(28)24-18-19(2)14-15-22(20)24/h3-18,20H,1H2,2H3/q+2. The van der Waals surface area contributed by atoms with Crippen LogP contribution in [0.15, 0.2) is 104 Å². The Morgan fingerprint density at radius 1 is 0.714 bits per heavy atom. The van der Waals surface area contributed by atoms with Gasteiger partial charge in [0.15, 0.2) is 0 Å². The van der Waals surface area contributed by atoms with Crippen molar-refractivity contribution in [2.45, 2.75) is 12.8 Å². The minimum absolute atomic E-state index is 0.118. The number of allylic oxidation sites excluding steroid dienone is 1. The number of pyridine rings is 2. The summed E-state index contributed by atoms with van der Waals surface area (Å²) in [6.45, 7) is 6.36. The Morgan fingerprint density at radius 2 is 1.32 bits per heavy atom. The molecule has 2 heteroatoms. The van der Waals surface area contributed by atoms with E-state index in [9.17, 15) is 0 Å². The van der Waals surface area contributed by atoms with Gasteiger partial charge in [-0.15, -0.1) is 6.58 Å². The van der Waals surface area contributed by atoms with Gasteiger partial charge in [-0.2, -0.15) is 0 Å². The maximum atomic E-state index is 4.21. The summed E-state index contributed by atoms with van der Waals surface area (Å²) in [5.74, 6) is 0.118. The summed E-state index contributed by atoms with van der Waals surface area (Å²) in [6.07, 6.45) is 6.32. The van der Waals surface area contributed by atoms with Crippen LogP contribution in [0.5, 0.6) is 0 Å². The number of nitrogens with zero attached hydrogens (tertiary/aromatic N) is 2. The molecule has 0 radical (unpaired) electrons. The third kappa shape index (κ3) is 2.49. The molecule has 4 aromatic rings. The zero-order valence-electron chi connectivity index (χ0n) is 15.9. The highest BCUT2D eigenvalue weighted by atomic mass is 15.4. The van der Waals surface area contributed by atoms with E-state index in [1.54, 1.807) is 0 Å². The van der Waals surface area contributed by atoms with Crippen molar-refractivity contribution in [3.8, 4) is 22.5 Å². The fraction of sp³-hybridized carbons (Fsp3) is 0.0769. The predicted molar refractivity (Wildman–Crippen MR) is 112 cm³/mol. The maximum Gasteiger partial charge on any atom is 0.284 e. The van der Waals surface area contributed by atoms with Crippen molar-refractivity contribution in [2.75, 3.05) is 0 Å². The zero-order valence-corrected chi connectivity index (χ0v) is 15.9. The van der Waals surface area contributed by atoms with Crippen molar-refractivity contribution in [1.82, 2.24) is 0 Å². The molecule has 0 fully saturated rings. The lowest BCUT2D eigenvalue weighted by molar-refractivity contribution is -1.29. The van der Waals surface area contributed by atoms with Crippen LogP contribution in [-0.4, -0.2) is 0 Å². The van der Waals surface area contributed by atoms with Crippen molar-refractivity contribution in [3.63, 3.8) is 0 Å². The van der Waals surface area contributed by atoms with E-state index in [0.717, 1.165) is 5.69 Å². The highest BCUT2D eigenvalue weighted by molar-refractivity contribution is 5.70. The fourth-order valence-corrected chi connectivity index (χ4v) is 4.26. The number of benzene rings is 2. The van der Waals surface area contributed by atoms with Crippen molar-refractivity contribution in [1.29, 1.82) is 0 Å². The van der Waals surface area contributed by atoms with Crippen LogP contribution in [0.25, 0.3) is 22.5 Å². The van der Waals surface area contributed by atoms with Gasteiger partial charge in [-0.3, -0.25) is 0 Å². The number of aromatic nitrogens is 2. The van der Waals surface area contributed by atoms with Gasteiger partial charge >= 0.3 is 0 Å². The van der Waals surface area contributed by atoms with Gasteiger partial charge in [0.25, 0.3) is 11.4 Å². The van der Waals surface area contributed by atoms with E-state index < -0.39 is 0 Å². The second-order valence-electron chi connectivity index (χ2n) is 7.25. The van der Waals surface area contributed by atoms with Crippen LogP contribution < -0.4 is 9.35 Å². The molecule has 28 heavy (non-hydrogen) atoms. The van der Waals surface area contributed by atoms with Gasteiger partial charge in [0.1, 0.15) is 0 Å².